The number of rotatable bonds is 5. The van der Waals surface area contributed by atoms with Gasteiger partial charge in [0.1, 0.15) is 23.6 Å². The van der Waals surface area contributed by atoms with Crippen molar-refractivity contribution in [3.63, 3.8) is 0 Å². The molecule has 9 heteroatoms. The molecule has 1 atom stereocenters. The Labute approximate surface area is 183 Å². The molecule has 1 saturated heterocycles. The van der Waals surface area contributed by atoms with Crippen LogP contribution in [0.2, 0.25) is 0 Å². The Hall–Kier alpha value is -3.51. The number of piperidine rings is 1. The first-order valence-corrected chi connectivity index (χ1v) is 9.90. The molecule has 0 amide bonds. The van der Waals surface area contributed by atoms with E-state index in [9.17, 15) is 13.2 Å². The molecule has 4 rings (SSSR count). The van der Waals surface area contributed by atoms with E-state index in [0.717, 1.165) is 0 Å². The first-order chi connectivity index (χ1) is 15.3. The summed E-state index contributed by atoms with van der Waals surface area (Å²) >= 11 is 0. The quantitative estimate of drug-likeness (QED) is 0.597. The Morgan fingerprint density at radius 2 is 2.09 bits per heavy atom. The second kappa shape index (κ2) is 8.55. The molecule has 0 spiro atoms. The van der Waals surface area contributed by atoms with E-state index in [-0.39, 0.29) is 29.2 Å². The number of nitrogens with zero attached hydrogens (tertiary/aromatic N) is 3. The van der Waals surface area contributed by atoms with Crippen molar-refractivity contribution in [3.8, 4) is 23.8 Å². The first kappa shape index (κ1) is 21.7. The third-order valence-electron chi connectivity index (χ3n) is 5.31. The summed E-state index contributed by atoms with van der Waals surface area (Å²) in [5.74, 6) is -0.716. The van der Waals surface area contributed by atoms with Gasteiger partial charge in [0, 0.05) is 25.1 Å². The van der Waals surface area contributed by atoms with E-state index in [0.29, 0.717) is 23.2 Å². The minimum absolute atomic E-state index is 0.0810. The number of alkyl halides is 2. The molecule has 166 valence electrons. The van der Waals surface area contributed by atoms with Crippen LogP contribution in [0.3, 0.4) is 0 Å². The van der Waals surface area contributed by atoms with Gasteiger partial charge >= 0.3 is 0 Å². The summed E-state index contributed by atoms with van der Waals surface area (Å²) in [4.78, 5) is 9.97. The van der Waals surface area contributed by atoms with Crippen molar-refractivity contribution < 1.29 is 22.6 Å². The molecule has 6 nitrogen and oxygen atoms in total. The van der Waals surface area contributed by atoms with Gasteiger partial charge in [-0.2, -0.15) is 0 Å². The Kier molecular flexibility index (Phi) is 5.80. The predicted molar refractivity (Wildman–Crippen MR) is 115 cm³/mol. The molecule has 2 heterocycles. The van der Waals surface area contributed by atoms with Crippen LogP contribution in [0.25, 0.3) is 10.9 Å². The fourth-order valence-electron chi connectivity index (χ4n) is 3.69. The molecule has 2 aromatic carbocycles. The Morgan fingerprint density at radius 1 is 1.28 bits per heavy atom. The number of fused-ring (bicyclic) bond motifs is 1. The van der Waals surface area contributed by atoms with Crippen molar-refractivity contribution in [2.75, 3.05) is 32.6 Å². The lowest BCUT2D eigenvalue weighted by molar-refractivity contribution is -0.134. The minimum Gasteiger partial charge on any atom is -0.497 e. The van der Waals surface area contributed by atoms with Gasteiger partial charge in [0.05, 0.1) is 35.8 Å². The maximum Gasteiger partial charge on any atom is 0.296 e. The zero-order valence-corrected chi connectivity index (χ0v) is 17.5. The highest BCUT2D eigenvalue weighted by Crippen LogP contribution is 2.39. The van der Waals surface area contributed by atoms with E-state index in [1.807, 2.05) is 0 Å². The number of methoxy groups -OCH3 is 1. The van der Waals surface area contributed by atoms with Crippen LogP contribution < -0.4 is 14.8 Å². The summed E-state index contributed by atoms with van der Waals surface area (Å²) in [6.07, 6.45) is 5.42. The number of nitrogens with one attached hydrogen (secondary N) is 1. The van der Waals surface area contributed by atoms with Crippen molar-refractivity contribution >= 4 is 22.4 Å². The van der Waals surface area contributed by atoms with Crippen LogP contribution >= 0.6 is 0 Å². The summed E-state index contributed by atoms with van der Waals surface area (Å²) in [7, 11) is 3.09. The number of anilines is 2. The standard InChI is InChI=1S/C23H21F3N4O2/c1-4-14-6-5-7-16(21(14)24)29-22-20-17(27-13-28-22)10-15(31-3)11-18(20)32-19-8-9-30(2)12-23(19,25)26/h1,5-7,10-11,13,19H,8-9,12H2,2-3H3,(H,27,28,29)/t19-/m1/s1. The van der Waals surface area contributed by atoms with Crippen LogP contribution in [0.1, 0.15) is 12.0 Å². The van der Waals surface area contributed by atoms with Crippen LogP contribution in [0.15, 0.2) is 36.7 Å². The molecule has 1 N–H and O–H groups in total. The van der Waals surface area contributed by atoms with Crippen LogP contribution in [0.4, 0.5) is 24.7 Å². The van der Waals surface area contributed by atoms with Crippen molar-refractivity contribution in [1.82, 2.24) is 14.9 Å². The van der Waals surface area contributed by atoms with E-state index < -0.39 is 24.4 Å². The number of terminal acetylenes is 1. The Bertz CT molecular complexity index is 1200. The average Bonchev–Trinajstić information content (AvgIpc) is 2.76. The van der Waals surface area contributed by atoms with Gasteiger partial charge in [-0.3, -0.25) is 0 Å². The van der Waals surface area contributed by atoms with Gasteiger partial charge in [-0.05, 0) is 19.2 Å². The highest BCUT2D eigenvalue weighted by molar-refractivity contribution is 5.96. The number of hydrogen-bond donors (Lipinski definition) is 1. The summed E-state index contributed by atoms with van der Waals surface area (Å²) in [6.45, 7) is 0.0547. The lowest BCUT2D eigenvalue weighted by Gasteiger charge is -2.36. The topological polar surface area (TPSA) is 59.5 Å². The maximum atomic E-state index is 14.7. The summed E-state index contributed by atoms with van der Waals surface area (Å²) < 4.78 is 55.1. The third-order valence-corrected chi connectivity index (χ3v) is 5.31. The summed E-state index contributed by atoms with van der Waals surface area (Å²) in [6, 6.07) is 7.69. The number of aromatic nitrogens is 2. The van der Waals surface area contributed by atoms with Crippen LogP contribution in [-0.4, -0.2) is 54.1 Å². The molecule has 0 saturated carbocycles. The smallest absolute Gasteiger partial charge is 0.296 e. The molecule has 3 aromatic rings. The van der Waals surface area contributed by atoms with Gasteiger partial charge in [-0.1, -0.05) is 12.0 Å². The van der Waals surface area contributed by atoms with E-state index in [2.05, 4.69) is 21.2 Å². The molecular weight excluding hydrogens is 421 g/mol. The molecule has 32 heavy (non-hydrogen) atoms. The average molecular weight is 442 g/mol. The highest BCUT2D eigenvalue weighted by atomic mass is 19.3. The van der Waals surface area contributed by atoms with E-state index in [1.165, 1.54) is 31.6 Å². The minimum atomic E-state index is -3.06. The van der Waals surface area contributed by atoms with E-state index in [4.69, 9.17) is 15.9 Å². The molecule has 1 aromatic heterocycles. The molecular formula is C23H21F3N4O2. The van der Waals surface area contributed by atoms with Crippen LogP contribution in [-0.2, 0) is 0 Å². The summed E-state index contributed by atoms with van der Waals surface area (Å²) in [5.41, 5.74) is 0.561. The molecule has 1 aliphatic rings. The predicted octanol–water partition coefficient (Wildman–Crippen LogP) is 4.22. The monoisotopic (exact) mass is 442 g/mol. The Morgan fingerprint density at radius 3 is 2.81 bits per heavy atom. The van der Waals surface area contributed by atoms with Crippen LogP contribution in [0.5, 0.6) is 11.5 Å². The molecule has 0 unspecified atom stereocenters. The number of likely N-dealkylation sites (tertiary alicyclic amines) is 1. The van der Waals surface area contributed by atoms with Gasteiger partial charge in [0.2, 0.25) is 0 Å². The maximum absolute atomic E-state index is 14.7. The molecule has 0 bridgehead atoms. The molecule has 0 aliphatic carbocycles. The number of benzene rings is 2. The number of halogens is 3. The Balaban J connectivity index is 1.80. The second-order valence-corrected chi connectivity index (χ2v) is 7.57. The normalized spacial score (nSPS) is 18.2. The molecule has 1 fully saturated rings. The van der Waals surface area contributed by atoms with Crippen molar-refractivity contribution in [3.05, 3.63) is 48.0 Å². The van der Waals surface area contributed by atoms with Gasteiger partial charge in [0.25, 0.3) is 5.92 Å². The largest absolute Gasteiger partial charge is 0.497 e. The fraction of sp³-hybridized carbons (Fsp3) is 0.304. The third kappa shape index (κ3) is 4.14. The lowest BCUT2D eigenvalue weighted by Crippen LogP contribution is -2.52. The zero-order valence-electron chi connectivity index (χ0n) is 17.5. The van der Waals surface area contributed by atoms with Crippen molar-refractivity contribution in [1.29, 1.82) is 0 Å². The van der Waals surface area contributed by atoms with Gasteiger partial charge < -0.3 is 19.7 Å². The molecule has 0 radical (unpaired) electrons. The number of hydrogen-bond acceptors (Lipinski definition) is 6. The summed E-state index contributed by atoms with van der Waals surface area (Å²) in [5, 5.41) is 3.22. The second-order valence-electron chi connectivity index (χ2n) is 7.57. The van der Waals surface area contributed by atoms with E-state index >= 15 is 0 Å². The van der Waals surface area contributed by atoms with Gasteiger partial charge in [-0.25, -0.2) is 23.1 Å². The SMILES string of the molecule is C#Cc1cccc(Nc2ncnc3cc(OC)cc(O[C@@H]4CCN(C)CC4(F)F)c23)c1F. The van der Waals surface area contributed by atoms with Crippen molar-refractivity contribution in [2.45, 2.75) is 18.4 Å². The highest BCUT2D eigenvalue weighted by Gasteiger charge is 2.45. The van der Waals surface area contributed by atoms with Gasteiger partial charge in [-0.15, -0.1) is 6.42 Å². The number of ether oxygens (including phenoxy) is 2. The lowest BCUT2D eigenvalue weighted by atomic mass is 10.0. The van der Waals surface area contributed by atoms with Crippen LogP contribution in [0, 0.1) is 18.2 Å². The van der Waals surface area contributed by atoms with Crippen molar-refractivity contribution in [2.24, 2.45) is 0 Å². The first-order valence-electron chi connectivity index (χ1n) is 9.90. The molecule has 1 aliphatic heterocycles. The van der Waals surface area contributed by atoms with Gasteiger partial charge in [0.15, 0.2) is 11.9 Å². The zero-order chi connectivity index (χ0) is 22.9. The van der Waals surface area contributed by atoms with E-state index in [1.54, 1.807) is 24.1 Å². The fourth-order valence-corrected chi connectivity index (χ4v) is 3.69.